The Morgan fingerprint density at radius 3 is 2.06 bits per heavy atom. The van der Waals surface area contributed by atoms with Crippen LogP contribution in [0.2, 0.25) is 0 Å². The van der Waals surface area contributed by atoms with Crippen molar-refractivity contribution in [3.8, 4) is 0 Å². The molecule has 1 heterocycles. The van der Waals surface area contributed by atoms with Gasteiger partial charge in [-0.05, 0) is 13.0 Å². The lowest BCUT2D eigenvalue weighted by molar-refractivity contribution is 0.165. The van der Waals surface area contributed by atoms with E-state index in [0.717, 1.165) is 5.69 Å². The van der Waals surface area contributed by atoms with Crippen molar-refractivity contribution < 1.29 is 5.11 Å². The van der Waals surface area contributed by atoms with E-state index in [9.17, 15) is 5.11 Å². The Kier molecular flexibility index (Phi) is 3.72. The smallest absolute Gasteiger partial charge is 0.0708 e. The van der Waals surface area contributed by atoms with Crippen molar-refractivity contribution in [2.24, 2.45) is 0 Å². The molecule has 0 aromatic carbocycles. The molecule has 1 aromatic heterocycles. The number of nitrogens with zero attached hydrogens (tertiary/aromatic N) is 2. The molecule has 0 aliphatic heterocycles. The van der Waals surface area contributed by atoms with Crippen molar-refractivity contribution in [3.63, 3.8) is 0 Å². The minimum Gasteiger partial charge on any atom is -0.391 e. The van der Waals surface area contributed by atoms with Crippen LogP contribution in [0.3, 0.4) is 0 Å². The van der Waals surface area contributed by atoms with Crippen LogP contribution < -0.4 is 0 Å². The fourth-order valence-electron chi connectivity index (χ4n) is 1.78. The first-order chi connectivity index (χ1) is 7.51. The molecule has 3 heteroatoms. The molecule has 1 atom stereocenters. The predicted octanol–water partition coefficient (Wildman–Crippen LogP) is 2.86. The zero-order valence-electron chi connectivity index (χ0n) is 12.2. The molecule has 0 fully saturated rings. The first-order valence-corrected chi connectivity index (χ1v) is 6.28. The van der Waals surface area contributed by atoms with Crippen LogP contribution in [0.5, 0.6) is 0 Å². The fourth-order valence-corrected chi connectivity index (χ4v) is 1.78. The lowest BCUT2D eigenvalue weighted by atomic mass is 9.88. The summed E-state index contributed by atoms with van der Waals surface area (Å²) in [6, 6.07) is 2.17. The Bertz CT molecular complexity index is 378. The molecule has 0 aliphatic rings. The van der Waals surface area contributed by atoms with Gasteiger partial charge in [0.25, 0.3) is 0 Å². The summed E-state index contributed by atoms with van der Waals surface area (Å²) in [5, 5.41) is 14.2. The highest BCUT2D eigenvalue weighted by molar-refractivity contribution is 5.22. The summed E-state index contributed by atoms with van der Waals surface area (Å²) in [5.74, 6) is 0. The lowest BCUT2D eigenvalue weighted by Crippen LogP contribution is -2.22. The molecule has 1 rings (SSSR count). The number of rotatable bonds is 2. The summed E-state index contributed by atoms with van der Waals surface area (Å²) < 4.78 is 1.95. The highest BCUT2D eigenvalue weighted by Gasteiger charge is 2.25. The normalized spacial score (nSPS) is 15.1. The number of aromatic nitrogens is 2. The molecule has 0 bridgehead atoms. The highest BCUT2D eigenvalue weighted by atomic mass is 16.3. The maximum atomic E-state index is 9.55. The number of hydrogen-bond acceptors (Lipinski definition) is 2. The molecule has 0 spiro atoms. The van der Waals surface area contributed by atoms with Gasteiger partial charge in [-0.15, -0.1) is 0 Å². The van der Waals surface area contributed by atoms with Crippen molar-refractivity contribution in [2.45, 2.75) is 71.9 Å². The van der Waals surface area contributed by atoms with Gasteiger partial charge in [0.05, 0.1) is 18.3 Å². The number of aliphatic hydroxyl groups is 1. The van der Waals surface area contributed by atoms with Gasteiger partial charge in [-0.2, -0.15) is 5.10 Å². The monoisotopic (exact) mass is 238 g/mol. The Labute approximate surface area is 105 Å². The molecule has 1 aromatic rings. The SMILES string of the molecule is CC(O)Cn1nc(C(C)(C)C)cc1C(C)(C)C. The van der Waals surface area contributed by atoms with Crippen molar-refractivity contribution >= 4 is 0 Å². The summed E-state index contributed by atoms with van der Waals surface area (Å²) in [4.78, 5) is 0. The molecule has 98 valence electrons. The topological polar surface area (TPSA) is 38.0 Å². The number of aliphatic hydroxyl groups excluding tert-OH is 1. The van der Waals surface area contributed by atoms with E-state index in [2.05, 4.69) is 52.7 Å². The molecule has 0 saturated heterocycles. The quantitative estimate of drug-likeness (QED) is 0.860. The first-order valence-electron chi connectivity index (χ1n) is 6.28. The maximum Gasteiger partial charge on any atom is 0.0708 e. The molecule has 1 N–H and O–H groups in total. The fraction of sp³-hybridized carbons (Fsp3) is 0.786. The summed E-state index contributed by atoms with van der Waals surface area (Å²) in [6.45, 7) is 15.4. The molecule has 3 nitrogen and oxygen atoms in total. The van der Waals surface area contributed by atoms with Gasteiger partial charge in [-0.3, -0.25) is 4.68 Å². The third-order valence-electron chi connectivity index (χ3n) is 2.75. The summed E-state index contributed by atoms with van der Waals surface area (Å²) in [5.41, 5.74) is 2.36. The van der Waals surface area contributed by atoms with Gasteiger partial charge >= 0.3 is 0 Å². The van der Waals surface area contributed by atoms with Crippen LogP contribution in [0.4, 0.5) is 0 Å². The summed E-state index contributed by atoms with van der Waals surface area (Å²) in [7, 11) is 0. The van der Waals surface area contributed by atoms with E-state index >= 15 is 0 Å². The summed E-state index contributed by atoms with van der Waals surface area (Å²) in [6.07, 6.45) is -0.371. The van der Waals surface area contributed by atoms with Gasteiger partial charge in [0.2, 0.25) is 0 Å². The van der Waals surface area contributed by atoms with E-state index < -0.39 is 0 Å². The number of hydrogen-bond donors (Lipinski definition) is 1. The molecule has 0 amide bonds. The molecule has 0 aliphatic carbocycles. The van der Waals surface area contributed by atoms with Crippen molar-refractivity contribution in [1.29, 1.82) is 0 Å². The van der Waals surface area contributed by atoms with E-state index in [1.54, 1.807) is 6.92 Å². The Morgan fingerprint density at radius 1 is 1.18 bits per heavy atom. The van der Waals surface area contributed by atoms with E-state index in [1.807, 2.05) is 4.68 Å². The van der Waals surface area contributed by atoms with Crippen LogP contribution >= 0.6 is 0 Å². The molecule has 0 radical (unpaired) electrons. The minimum atomic E-state index is -0.371. The highest BCUT2D eigenvalue weighted by Crippen LogP contribution is 2.28. The average Bonchev–Trinajstić information content (AvgIpc) is 2.44. The van der Waals surface area contributed by atoms with Crippen LogP contribution in [0.15, 0.2) is 6.07 Å². The van der Waals surface area contributed by atoms with Crippen LogP contribution in [0, 0.1) is 0 Å². The zero-order chi connectivity index (χ0) is 13.4. The van der Waals surface area contributed by atoms with E-state index in [4.69, 9.17) is 0 Å². The lowest BCUT2D eigenvalue weighted by Gasteiger charge is -2.20. The van der Waals surface area contributed by atoms with E-state index in [1.165, 1.54) is 5.69 Å². The summed E-state index contributed by atoms with van der Waals surface area (Å²) >= 11 is 0. The standard InChI is InChI=1S/C14H26N2O/c1-10(17)9-16-12(14(5,6)7)8-11(15-16)13(2,3)4/h8,10,17H,9H2,1-7H3. The van der Waals surface area contributed by atoms with Crippen LogP contribution in [-0.4, -0.2) is 21.0 Å². The maximum absolute atomic E-state index is 9.55. The zero-order valence-corrected chi connectivity index (χ0v) is 12.2. The Morgan fingerprint density at radius 2 is 1.71 bits per heavy atom. The van der Waals surface area contributed by atoms with Gasteiger partial charge < -0.3 is 5.11 Å². The van der Waals surface area contributed by atoms with Crippen LogP contribution in [-0.2, 0) is 17.4 Å². The minimum absolute atomic E-state index is 0.0456. The Balaban J connectivity index is 3.22. The molecule has 1 unspecified atom stereocenters. The van der Waals surface area contributed by atoms with Crippen LogP contribution in [0.25, 0.3) is 0 Å². The van der Waals surface area contributed by atoms with Crippen molar-refractivity contribution in [2.75, 3.05) is 0 Å². The van der Waals surface area contributed by atoms with Gasteiger partial charge in [-0.1, -0.05) is 41.5 Å². The second-order valence-electron chi connectivity index (χ2n) is 6.95. The van der Waals surface area contributed by atoms with E-state index in [-0.39, 0.29) is 16.9 Å². The largest absolute Gasteiger partial charge is 0.391 e. The van der Waals surface area contributed by atoms with Gasteiger partial charge in [0, 0.05) is 16.5 Å². The molecule has 0 saturated carbocycles. The van der Waals surface area contributed by atoms with Gasteiger partial charge in [-0.25, -0.2) is 0 Å². The van der Waals surface area contributed by atoms with Crippen molar-refractivity contribution in [1.82, 2.24) is 9.78 Å². The second kappa shape index (κ2) is 4.45. The van der Waals surface area contributed by atoms with E-state index in [0.29, 0.717) is 6.54 Å². The van der Waals surface area contributed by atoms with Gasteiger partial charge in [0.1, 0.15) is 0 Å². The first kappa shape index (κ1) is 14.2. The molecular formula is C14H26N2O. The van der Waals surface area contributed by atoms with Crippen LogP contribution in [0.1, 0.15) is 59.9 Å². The average molecular weight is 238 g/mol. The molecular weight excluding hydrogens is 212 g/mol. The predicted molar refractivity (Wildman–Crippen MR) is 71.3 cm³/mol. The third kappa shape index (κ3) is 3.56. The second-order valence-corrected chi connectivity index (χ2v) is 6.95. The third-order valence-corrected chi connectivity index (χ3v) is 2.75. The Hall–Kier alpha value is -0.830. The van der Waals surface area contributed by atoms with Crippen molar-refractivity contribution in [3.05, 3.63) is 17.5 Å². The van der Waals surface area contributed by atoms with Gasteiger partial charge in [0.15, 0.2) is 0 Å². The molecule has 17 heavy (non-hydrogen) atoms.